The van der Waals surface area contributed by atoms with E-state index in [1.807, 2.05) is 54.0 Å². The Bertz CT molecular complexity index is 720. The van der Waals surface area contributed by atoms with E-state index in [0.717, 1.165) is 28.4 Å². The highest BCUT2D eigenvalue weighted by molar-refractivity contribution is 5.67. The normalized spacial score (nSPS) is 10.5. The van der Waals surface area contributed by atoms with Gasteiger partial charge in [0.25, 0.3) is 0 Å². The van der Waals surface area contributed by atoms with Crippen LogP contribution in [0.3, 0.4) is 0 Å². The molecule has 0 unspecified atom stereocenters. The van der Waals surface area contributed by atoms with Crippen LogP contribution in [0.1, 0.15) is 5.56 Å². The van der Waals surface area contributed by atoms with Crippen LogP contribution in [0.5, 0.6) is 5.75 Å². The van der Waals surface area contributed by atoms with Gasteiger partial charge >= 0.3 is 0 Å². The molecule has 0 fully saturated rings. The molecular weight excluding hydrogens is 250 g/mol. The largest absolute Gasteiger partial charge is 0.496 e. The maximum atomic E-state index is 5.43. The van der Waals surface area contributed by atoms with Crippen LogP contribution < -0.4 is 4.74 Å². The number of aryl methyl sites for hydroxylation is 1. The summed E-state index contributed by atoms with van der Waals surface area (Å²) in [7, 11) is 1.66. The van der Waals surface area contributed by atoms with Crippen molar-refractivity contribution in [1.29, 1.82) is 0 Å². The molecule has 0 N–H and O–H groups in total. The van der Waals surface area contributed by atoms with Gasteiger partial charge in [-0.3, -0.25) is 4.57 Å². The fourth-order valence-electron chi connectivity index (χ4n) is 2.19. The highest BCUT2D eigenvalue weighted by atomic mass is 16.5. The van der Waals surface area contributed by atoms with Gasteiger partial charge in [0.15, 0.2) is 5.82 Å². The predicted octanol–water partition coefficient (Wildman–Crippen LogP) is 3.25. The summed E-state index contributed by atoms with van der Waals surface area (Å²) in [6, 6.07) is 16.0. The van der Waals surface area contributed by atoms with Crippen LogP contribution >= 0.6 is 0 Å². The van der Waals surface area contributed by atoms with E-state index in [2.05, 4.69) is 16.3 Å². The zero-order valence-corrected chi connectivity index (χ0v) is 11.4. The first-order valence-electron chi connectivity index (χ1n) is 6.40. The average Bonchev–Trinajstić information content (AvgIpc) is 2.97. The van der Waals surface area contributed by atoms with Crippen LogP contribution in [-0.2, 0) is 0 Å². The summed E-state index contributed by atoms with van der Waals surface area (Å²) in [5.74, 6) is 1.57. The summed E-state index contributed by atoms with van der Waals surface area (Å²) >= 11 is 0. The minimum Gasteiger partial charge on any atom is -0.496 e. The van der Waals surface area contributed by atoms with E-state index in [1.165, 1.54) is 0 Å². The summed E-state index contributed by atoms with van der Waals surface area (Å²) in [5, 5.41) is 8.28. The quantitative estimate of drug-likeness (QED) is 0.729. The number of para-hydroxylation sites is 1. The third-order valence-corrected chi connectivity index (χ3v) is 3.18. The molecule has 2 aromatic carbocycles. The monoisotopic (exact) mass is 265 g/mol. The van der Waals surface area contributed by atoms with Crippen LogP contribution in [0.15, 0.2) is 54.9 Å². The summed E-state index contributed by atoms with van der Waals surface area (Å²) in [6.07, 6.45) is 1.71. The fourth-order valence-corrected chi connectivity index (χ4v) is 2.19. The van der Waals surface area contributed by atoms with Crippen LogP contribution in [0.25, 0.3) is 17.1 Å². The number of hydrogen-bond acceptors (Lipinski definition) is 3. The lowest BCUT2D eigenvalue weighted by atomic mass is 10.1. The van der Waals surface area contributed by atoms with Crippen LogP contribution in [0.4, 0.5) is 0 Å². The molecule has 0 amide bonds. The van der Waals surface area contributed by atoms with Crippen LogP contribution in [-0.4, -0.2) is 21.9 Å². The molecule has 0 bridgehead atoms. The van der Waals surface area contributed by atoms with Crippen molar-refractivity contribution in [3.8, 4) is 22.8 Å². The first-order valence-corrected chi connectivity index (χ1v) is 6.40. The number of rotatable bonds is 3. The van der Waals surface area contributed by atoms with Crippen molar-refractivity contribution < 1.29 is 4.74 Å². The minimum atomic E-state index is 0.775. The van der Waals surface area contributed by atoms with Gasteiger partial charge in [-0.2, -0.15) is 0 Å². The van der Waals surface area contributed by atoms with Crippen molar-refractivity contribution in [2.75, 3.05) is 7.11 Å². The smallest absolute Gasteiger partial charge is 0.172 e. The third-order valence-electron chi connectivity index (χ3n) is 3.18. The number of benzene rings is 2. The second-order valence-corrected chi connectivity index (χ2v) is 4.56. The van der Waals surface area contributed by atoms with Gasteiger partial charge in [-0.05, 0) is 31.2 Å². The van der Waals surface area contributed by atoms with Gasteiger partial charge in [0.1, 0.15) is 12.1 Å². The Morgan fingerprint density at radius 3 is 2.60 bits per heavy atom. The number of nitrogens with zero attached hydrogens (tertiary/aromatic N) is 3. The second-order valence-electron chi connectivity index (χ2n) is 4.56. The Morgan fingerprint density at radius 1 is 1.05 bits per heavy atom. The molecule has 0 aliphatic rings. The van der Waals surface area contributed by atoms with E-state index >= 15 is 0 Å². The van der Waals surface area contributed by atoms with Gasteiger partial charge < -0.3 is 4.74 Å². The Balaban J connectivity index is 2.18. The lowest BCUT2D eigenvalue weighted by Gasteiger charge is -2.11. The fraction of sp³-hybridized carbons (Fsp3) is 0.125. The van der Waals surface area contributed by atoms with Gasteiger partial charge in [0.2, 0.25) is 0 Å². The molecule has 0 aliphatic heterocycles. The van der Waals surface area contributed by atoms with E-state index in [0.29, 0.717) is 0 Å². The van der Waals surface area contributed by atoms with Crippen molar-refractivity contribution in [3.05, 3.63) is 60.4 Å². The van der Waals surface area contributed by atoms with Crippen LogP contribution in [0.2, 0.25) is 0 Å². The summed E-state index contributed by atoms with van der Waals surface area (Å²) in [4.78, 5) is 0. The van der Waals surface area contributed by atoms with Gasteiger partial charge in [0.05, 0.1) is 12.7 Å². The zero-order chi connectivity index (χ0) is 13.9. The molecule has 4 nitrogen and oxygen atoms in total. The maximum Gasteiger partial charge on any atom is 0.172 e. The SMILES string of the molecule is COc1ccc(C)cc1-c1nncn1-c1ccccc1. The molecule has 0 spiro atoms. The van der Waals surface area contributed by atoms with E-state index in [4.69, 9.17) is 4.74 Å². The van der Waals surface area contributed by atoms with Crippen molar-refractivity contribution in [2.45, 2.75) is 6.92 Å². The minimum absolute atomic E-state index is 0.775. The third kappa shape index (κ3) is 2.16. The van der Waals surface area contributed by atoms with E-state index in [1.54, 1.807) is 13.4 Å². The average molecular weight is 265 g/mol. The van der Waals surface area contributed by atoms with Crippen LogP contribution in [0, 0.1) is 6.92 Å². The second kappa shape index (κ2) is 5.17. The first-order chi connectivity index (χ1) is 9.79. The molecule has 100 valence electrons. The molecule has 0 aliphatic carbocycles. The highest BCUT2D eigenvalue weighted by Crippen LogP contribution is 2.30. The summed E-state index contributed by atoms with van der Waals surface area (Å²) in [5.41, 5.74) is 3.12. The Morgan fingerprint density at radius 2 is 1.85 bits per heavy atom. The first kappa shape index (κ1) is 12.4. The number of ether oxygens (including phenoxy) is 1. The molecular formula is C16H15N3O. The van der Waals surface area contributed by atoms with E-state index < -0.39 is 0 Å². The van der Waals surface area contributed by atoms with Crippen molar-refractivity contribution >= 4 is 0 Å². The Labute approximate surface area is 117 Å². The number of aromatic nitrogens is 3. The molecule has 20 heavy (non-hydrogen) atoms. The maximum absolute atomic E-state index is 5.43. The van der Waals surface area contributed by atoms with Gasteiger partial charge in [0, 0.05) is 5.69 Å². The lowest BCUT2D eigenvalue weighted by Crippen LogP contribution is -1.98. The van der Waals surface area contributed by atoms with Gasteiger partial charge in [-0.15, -0.1) is 10.2 Å². The lowest BCUT2D eigenvalue weighted by molar-refractivity contribution is 0.416. The molecule has 4 heteroatoms. The number of hydrogen-bond donors (Lipinski definition) is 0. The Hall–Kier alpha value is -2.62. The molecule has 0 saturated carbocycles. The van der Waals surface area contributed by atoms with Crippen molar-refractivity contribution in [1.82, 2.24) is 14.8 Å². The summed E-state index contributed by atoms with van der Waals surface area (Å²) in [6.45, 7) is 2.05. The standard InChI is InChI=1S/C16H15N3O/c1-12-8-9-15(20-2)14(10-12)16-18-17-11-19(16)13-6-4-3-5-7-13/h3-11H,1-2H3. The molecule has 0 saturated heterocycles. The summed E-state index contributed by atoms with van der Waals surface area (Å²) < 4.78 is 7.39. The van der Waals surface area contributed by atoms with Crippen molar-refractivity contribution in [2.24, 2.45) is 0 Å². The molecule has 1 aromatic heterocycles. The molecule has 0 radical (unpaired) electrons. The topological polar surface area (TPSA) is 39.9 Å². The van der Waals surface area contributed by atoms with Gasteiger partial charge in [-0.25, -0.2) is 0 Å². The highest BCUT2D eigenvalue weighted by Gasteiger charge is 2.13. The molecule has 3 aromatic rings. The zero-order valence-electron chi connectivity index (χ0n) is 11.4. The molecule has 1 heterocycles. The predicted molar refractivity (Wildman–Crippen MR) is 78.1 cm³/mol. The van der Waals surface area contributed by atoms with Gasteiger partial charge in [-0.1, -0.05) is 29.8 Å². The molecule has 0 atom stereocenters. The van der Waals surface area contributed by atoms with E-state index in [-0.39, 0.29) is 0 Å². The molecule has 3 rings (SSSR count). The Kier molecular flexibility index (Phi) is 3.21. The number of methoxy groups -OCH3 is 1. The van der Waals surface area contributed by atoms with Crippen molar-refractivity contribution in [3.63, 3.8) is 0 Å². The van der Waals surface area contributed by atoms with E-state index in [9.17, 15) is 0 Å².